The standard InChI is InChI=1S/C23H22F4N4O4/c24-15-3-4-16-17(12-31(13-20(32)33)18(16)10-15)21(22(34)35)30-7-1-6-29(8-9-30)19-5-2-14(11-28-19)23(25,26)27/h2-5,10-12,21H,1,6-9,13H2,(H,32,33)(H,34,35). The molecule has 35 heavy (non-hydrogen) atoms. The molecule has 1 atom stereocenters. The fourth-order valence-corrected chi connectivity index (χ4v) is 4.44. The molecule has 4 rings (SSSR count). The molecule has 0 saturated carbocycles. The third-order valence-electron chi connectivity index (χ3n) is 6.00. The third-order valence-corrected chi connectivity index (χ3v) is 6.00. The van der Waals surface area contributed by atoms with Gasteiger partial charge in [-0.2, -0.15) is 13.2 Å². The molecule has 3 aromatic rings. The lowest BCUT2D eigenvalue weighted by molar-refractivity contribution is -0.143. The van der Waals surface area contributed by atoms with E-state index in [2.05, 4.69) is 4.98 Å². The van der Waals surface area contributed by atoms with Gasteiger partial charge in [-0.25, -0.2) is 9.37 Å². The van der Waals surface area contributed by atoms with Crippen LogP contribution in [0.25, 0.3) is 10.9 Å². The summed E-state index contributed by atoms with van der Waals surface area (Å²) in [4.78, 5) is 31.1. The lowest BCUT2D eigenvalue weighted by Gasteiger charge is -2.27. The number of halogens is 4. The van der Waals surface area contributed by atoms with Gasteiger partial charge in [0.2, 0.25) is 0 Å². The Balaban J connectivity index is 1.61. The van der Waals surface area contributed by atoms with Crippen LogP contribution in [0.4, 0.5) is 23.4 Å². The summed E-state index contributed by atoms with van der Waals surface area (Å²) in [7, 11) is 0. The molecule has 0 aliphatic carbocycles. The zero-order chi connectivity index (χ0) is 25.3. The molecule has 0 radical (unpaired) electrons. The summed E-state index contributed by atoms with van der Waals surface area (Å²) in [5, 5.41) is 19.8. The minimum Gasteiger partial charge on any atom is -0.480 e. The van der Waals surface area contributed by atoms with Gasteiger partial charge in [0.15, 0.2) is 0 Å². The maximum absolute atomic E-state index is 13.9. The van der Waals surface area contributed by atoms with E-state index in [1.165, 1.54) is 35.0 Å². The Labute approximate surface area is 197 Å². The number of pyridine rings is 1. The van der Waals surface area contributed by atoms with Crippen molar-refractivity contribution < 1.29 is 37.4 Å². The number of hydrogen-bond donors (Lipinski definition) is 2. The van der Waals surface area contributed by atoms with Gasteiger partial charge in [0.1, 0.15) is 24.2 Å². The molecule has 1 aromatic carbocycles. The SMILES string of the molecule is O=C(O)Cn1cc(C(C(=O)O)N2CCCN(c3ccc(C(F)(F)F)cn3)CC2)c2ccc(F)cc21. The molecule has 12 heteroatoms. The first-order chi connectivity index (χ1) is 16.5. The predicted octanol–water partition coefficient (Wildman–Crippen LogP) is 3.62. The maximum Gasteiger partial charge on any atom is 0.417 e. The van der Waals surface area contributed by atoms with Crippen LogP contribution in [0.15, 0.2) is 42.7 Å². The Bertz CT molecular complexity index is 1240. The Morgan fingerprint density at radius 2 is 1.83 bits per heavy atom. The first-order valence-corrected chi connectivity index (χ1v) is 10.8. The van der Waals surface area contributed by atoms with Gasteiger partial charge in [0.05, 0.1) is 11.1 Å². The second-order valence-corrected chi connectivity index (χ2v) is 8.29. The first-order valence-electron chi connectivity index (χ1n) is 10.8. The largest absolute Gasteiger partial charge is 0.480 e. The van der Waals surface area contributed by atoms with E-state index in [9.17, 15) is 37.4 Å². The number of nitrogens with zero attached hydrogens (tertiary/aromatic N) is 4. The van der Waals surface area contributed by atoms with Gasteiger partial charge in [-0.05, 0) is 36.8 Å². The highest BCUT2D eigenvalue weighted by atomic mass is 19.4. The number of alkyl halides is 3. The van der Waals surface area contributed by atoms with Crippen LogP contribution in [0.3, 0.4) is 0 Å². The summed E-state index contributed by atoms with van der Waals surface area (Å²) in [5.74, 6) is -2.51. The smallest absolute Gasteiger partial charge is 0.417 e. The van der Waals surface area contributed by atoms with Crippen molar-refractivity contribution in [1.29, 1.82) is 0 Å². The Hall–Kier alpha value is -3.67. The Morgan fingerprint density at radius 3 is 2.46 bits per heavy atom. The molecule has 1 aliphatic rings. The van der Waals surface area contributed by atoms with E-state index in [0.29, 0.717) is 42.8 Å². The van der Waals surface area contributed by atoms with Crippen LogP contribution in [-0.4, -0.2) is 62.8 Å². The van der Waals surface area contributed by atoms with Gasteiger partial charge in [0, 0.05) is 49.5 Å². The lowest BCUT2D eigenvalue weighted by atomic mass is 10.0. The topological polar surface area (TPSA) is 98.9 Å². The lowest BCUT2D eigenvalue weighted by Crippen LogP contribution is -2.37. The highest BCUT2D eigenvalue weighted by Crippen LogP contribution is 2.33. The quantitative estimate of drug-likeness (QED) is 0.505. The van der Waals surface area contributed by atoms with E-state index < -0.39 is 42.1 Å². The molecule has 1 fully saturated rings. The van der Waals surface area contributed by atoms with Crippen LogP contribution in [0.5, 0.6) is 0 Å². The van der Waals surface area contributed by atoms with Gasteiger partial charge in [-0.3, -0.25) is 14.5 Å². The van der Waals surface area contributed by atoms with Crippen molar-refractivity contribution >= 4 is 28.7 Å². The van der Waals surface area contributed by atoms with Crippen molar-refractivity contribution in [3.05, 3.63) is 59.7 Å². The van der Waals surface area contributed by atoms with E-state index >= 15 is 0 Å². The average Bonchev–Trinajstić information content (AvgIpc) is 2.95. The molecule has 0 bridgehead atoms. The molecule has 2 N–H and O–H groups in total. The summed E-state index contributed by atoms with van der Waals surface area (Å²) in [6.45, 7) is 0.977. The highest BCUT2D eigenvalue weighted by Gasteiger charge is 2.33. The van der Waals surface area contributed by atoms with Crippen LogP contribution >= 0.6 is 0 Å². The van der Waals surface area contributed by atoms with Crippen LogP contribution in [0.2, 0.25) is 0 Å². The normalized spacial score (nSPS) is 16.3. The molecule has 2 aromatic heterocycles. The van der Waals surface area contributed by atoms with Crippen molar-refractivity contribution in [3.63, 3.8) is 0 Å². The van der Waals surface area contributed by atoms with Crippen molar-refractivity contribution in [2.45, 2.75) is 25.2 Å². The molecule has 1 aliphatic heterocycles. The molecule has 186 valence electrons. The summed E-state index contributed by atoms with van der Waals surface area (Å²) >= 11 is 0. The number of fused-ring (bicyclic) bond motifs is 1. The number of aromatic nitrogens is 2. The van der Waals surface area contributed by atoms with E-state index in [-0.39, 0.29) is 12.1 Å². The summed E-state index contributed by atoms with van der Waals surface area (Å²) < 4.78 is 53.7. The summed E-state index contributed by atoms with van der Waals surface area (Å²) in [5.41, 5.74) is -0.230. The summed E-state index contributed by atoms with van der Waals surface area (Å²) in [6, 6.07) is 4.92. The molecule has 1 saturated heterocycles. The fraction of sp³-hybridized carbons (Fsp3) is 0.348. The highest BCUT2D eigenvalue weighted by molar-refractivity contribution is 5.90. The van der Waals surface area contributed by atoms with Gasteiger partial charge in [-0.1, -0.05) is 0 Å². The predicted molar refractivity (Wildman–Crippen MR) is 118 cm³/mol. The van der Waals surface area contributed by atoms with E-state index in [1.54, 1.807) is 9.80 Å². The molecule has 3 heterocycles. The third kappa shape index (κ3) is 5.21. The number of anilines is 1. The van der Waals surface area contributed by atoms with Crippen molar-refractivity contribution in [1.82, 2.24) is 14.5 Å². The molecule has 0 spiro atoms. The number of benzene rings is 1. The van der Waals surface area contributed by atoms with E-state index in [1.807, 2.05) is 0 Å². The second-order valence-electron chi connectivity index (χ2n) is 8.29. The number of carboxylic acids is 2. The van der Waals surface area contributed by atoms with Crippen molar-refractivity contribution in [3.8, 4) is 0 Å². The van der Waals surface area contributed by atoms with Gasteiger partial charge in [0.25, 0.3) is 0 Å². The Kier molecular flexibility index (Phi) is 6.66. The van der Waals surface area contributed by atoms with Crippen LogP contribution in [-0.2, 0) is 22.3 Å². The fourth-order valence-electron chi connectivity index (χ4n) is 4.44. The molecule has 0 amide bonds. The van der Waals surface area contributed by atoms with Crippen molar-refractivity contribution in [2.24, 2.45) is 0 Å². The Morgan fingerprint density at radius 1 is 1.06 bits per heavy atom. The van der Waals surface area contributed by atoms with Crippen LogP contribution < -0.4 is 4.90 Å². The summed E-state index contributed by atoms with van der Waals surface area (Å²) in [6.07, 6.45) is -1.76. The number of rotatable bonds is 6. The monoisotopic (exact) mass is 494 g/mol. The number of carbonyl (C=O) groups is 2. The average molecular weight is 494 g/mol. The molecular weight excluding hydrogens is 472 g/mol. The number of aliphatic carboxylic acids is 2. The van der Waals surface area contributed by atoms with Crippen LogP contribution in [0, 0.1) is 5.82 Å². The number of hydrogen-bond acceptors (Lipinski definition) is 5. The maximum atomic E-state index is 13.9. The zero-order valence-electron chi connectivity index (χ0n) is 18.4. The van der Waals surface area contributed by atoms with Gasteiger partial charge in [-0.15, -0.1) is 0 Å². The number of carboxylic acid groups (broad SMARTS) is 2. The van der Waals surface area contributed by atoms with Crippen LogP contribution in [0.1, 0.15) is 23.6 Å². The van der Waals surface area contributed by atoms with E-state index in [4.69, 9.17) is 0 Å². The van der Waals surface area contributed by atoms with Gasteiger partial charge >= 0.3 is 18.1 Å². The molecular formula is C23H22F4N4O4. The second kappa shape index (κ2) is 9.53. The van der Waals surface area contributed by atoms with E-state index in [0.717, 1.165) is 12.3 Å². The first kappa shape index (κ1) is 24.5. The van der Waals surface area contributed by atoms with Crippen molar-refractivity contribution in [2.75, 3.05) is 31.1 Å². The van der Waals surface area contributed by atoms with Gasteiger partial charge < -0.3 is 19.7 Å². The minimum atomic E-state index is -4.49. The molecule has 1 unspecified atom stereocenters. The molecule has 8 nitrogen and oxygen atoms in total. The minimum absolute atomic E-state index is 0.270. The zero-order valence-corrected chi connectivity index (χ0v) is 18.4.